The van der Waals surface area contributed by atoms with Crippen LogP contribution in [0, 0.1) is 10.1 Å². The van der Waals surface area contributed by atoms with Crippen LogP contribution in [0.4, 0.5) is 0 Å². The molecule has 3 aromatic rings. The van der Waals surface area contributed by atoms with Crippen molar-refractivity contribution in [3.63, 3.8) is 0 Å². The Morgan fingerprint density at radius 1 is 1.17 bits per heavy atom. The number of nitro groups is 1. The maximum atomic E-state index is 11.1. The van der Waals surface area contributed by atoms with Crippen LogP contribution in [0.2, 0.25) is 0 Å². The van der Waals surface area contributed by atoms with Crippen molar-refractivity contribution < 1.29 is 4.92 Å². The Bertz CT molecular complexity index is 856. The van der Waals surface area contributed by atoms with Gasteiger partial charge in [0.2, 0.25) is 6.54 Å². The van der Waals surface area contributed by atoms with Crippen LogP contribution in [0.5, 0.6) is 0 Å². The fraction of sp³-hybridized carbons (Fsp3) is 0.111. The third kappa shape index (κ3) is 3.51. The minimum Gasteiger partial charge on any atom is -0.361 e. The van der Waals surface area contributed by atoms with E-state index in [1.807, 2.05) is 66.9 Å². The summed E-state index contributed by atoms with van der Waals surface area (Å²) in [7, 11) is 0. The third-order valence-corrected chi connectivity index (χ3v) is 4.55. The van der Waals surface area contributed by atoms with E-state index in [2.05, 4.69) is 20.9 Å². The number of para-hydroxylation sites is 1. The van der Waals surface area contributed by atoms with Crippen molar-refractivity contribution >= 4 is 32.9 Å². The summed E-state index contributed by atoms with van der Waals surface area (Å²) < 4.78 is 0.796. The molecule has 1 atom stereocenters. The lowest BCUT2D eigenvalue weighted by Crippen LogP contribution is -2.12. The monoisotopic (exact) mass is 370 g/mol. The van der Waals surface area contributed by atoms with Gasteiger partial charge in [-0.25, -0.2) is 0 Å². The molecule has 0 radical (unpaired) electrons. The number of nitrogens with zero attached hydrogens (tertiary/aromatic N) is 1. The molecule has 1 N–H and O–H groups in total. The first-order valence-electron chi connectivity index (χ1n) is 7.25. The van der Waals surface area contributed by atoms with Crippen LogP contribution >= 0.6 is 15.9 Å². The first-order chi connectivity index (χ1) is 11.1. The van der Waals surface area contributed by atoms with Gasteiger partial charge < -0.3 is 4.98 Å². The lowest BCUT2D eigenvalue weighted by Gasteiger charge is -2.12. The van der Waals surface area contributed by atoms with E-state index >= 15 is 0 Å². The van der Waals surface area contributed by atoms with Crippen LogP contribution in [0.1, 0.15) is 17.0 Å². The summed E-state index contributed by atoms with van der Waals surface area (Å²) in [5.41, 5.74) is 2.92. The first kappa shape index (κ1) is 15.5. The van der Waals surface area contributed by atoms with Gasteiger partial charge in [-0.15, -0.1) is 0 Å². The number of benzene rings is 2. The Kier molecular flexibility index (Phi) is 4.57. The molecular weight excluding hydrogens is 356 g/mol. The van der Waals surface area contributed by atoms with Gasteiger partial charge in [0, 0.05) is 26.5 Å². The zero-order valence-corrected chi connectivity index (χ0v) is 13.9. The van der Waals surface area contributed by atoms with Crippen LogP contribution in [0.25, 0.3) is 17.0 Å². The molecule has 1 unspecified atom stereocenters. The predicted octanol–water partition coefficient (Wildman–Crippen LogP) is 4.96. The van der Waals surface area contributed by atoms with E-state index in [1.165, 1.54) is 0 Å². The molecule has 5 heteroatoms. The normalized spacial score (nSPS) is 13.2. The van der Waals surface area contributed by atoms with Crippen molar-refractivity contribution in [1.82, 2.24) is 4.98 Å². The second kappa shape index (κ2) is 6.79. The highest BCUT2D eigenvalue weighted by Gasteiger charge is 2.24. The molecule has 0 bridgehead atoms. The molecule has 1 aromatic heterocycles. The fourth-order valence-corrected chi connectivity index (χ4v) is 3.33. The smallest absolute Gasteiger partial charge is 0.215 e. The van der Waals surface area contributed by atoms with E-state index in [-0.39, 0.29) is 17.4 Å². The predicted molar refractivity (Wildman–Crippen MR) is 96.2 cm³/mol. The second-order valence-electron chi connectivity index (χ2n) is 5.30. The molecule has 2 aromatic carbocycles. The zero-order chi connectivity index (χ0) is 16.2. The van der Waals surface area contributed by atoms with Crippen molar-refractivity contribution in [2.24, 2.45) is 0 Å². The molecule has 116 valence electrons. The topological polar surface area (TPSA) is 58.9 Å². The van der Waals surface area contributed by atoms with E-state index in [1.54, 1.807) is 0 Å². The average Bonchev–Trinajstić information content (AvgIpc) is 2.97. The minimum absolute atomic E-state index is 0.161. The fourth-order valence-electron chi connectivity index (χ4n) is 2.67. The van der Waals surface area contributed by atoms with Crippen molar-refractivity contribution in [2.45, 2.75) is 5.92 Å². The Morgan fingerprint density at radius 2 is 1.87 bits per heavy atom. The molecular formula is C18H15BrN2O2. The van der Waals surface area contributed by atoms with E-state index in [0.29, 0.717) is 0 Å². The highest BCUT2D eigenvalue weighted by atomic mass is 79.9. The lowest BCUT2D eigenvalue weighted by molar-refractivity contribution is -0.481. The van der Waals surface area contributed by atoms with Gasteiger partial charge in [0.05, 0.1) is 5.92 Å². The molecule has 4 nitrogen and oxygen atoms in total. The Hall–Kier alpha value is -2.40. The summed E-state index contributed by atoms with van der Waals surface area (Å²) in [4.78, 5) is 14.1. The Balaban J connectivity index is 2.04. The van der Waals surface area contributed by atoms with Gasteiger partial charge in [0.25, 0.3) is 0 Å². The highest BCUT2D eigenvalue weighted by Crippen LogP contribution is 2.35. The Morgan fingerprint density at radius 3 is 2.61 bits per heavy atom. The molecule has 23 heavy (non-hydrogen) atoms. The minimum atomic E-state index is -0.332. The quantitative estimate of drug-likeness (QED) is 0.509. The van der Waals surface area contributed by atoms with Gasteiger partial charge >= 0.3 is 0 Å². The van der Waals surface area contributed by atoms with Crippen LogP contribution in [-0.4, -0.2) is 16.5 Å². The van der Waals surface area contributed by atoms with Gasteiger partial charge in [-0.1, -0.05) is 64.5 Å². The van der Waals surface area contributed by atoms with Crippen molar-refractivity contribution in [3.05, 3.63) is 86.5 Å². The molecule has 0 aliphatic rings. The summed E-state index contributed by atoms with van der Waals surface area (Å²) in [6.07, 6.45) is 3.80. The SMILES string of the molecule is O=[N+]([O-])CC(/C(Br)=C/c1ccccc1)c1c[nH]c2ccccc12. The van der Waals surface area contributed by atoms with Crippen molar-refractivity contribution in [1.29, 1.82) is 0 Å². The molecule has 1 heterocycles. The number of halogens is 1. The molecule has 0 saturated heterocycles. The molecule has 0 spiro atoms. The zero-order valence-electron chi connectivity index (χ0n) is 12.3. The Labute approximate surface area is 142 Å². The van der Waals surface area contributed by atoms with Gasteiger partial charge in [-0.05, 0) is 23.3 Å². The molecule has 0 amide bonds. The number of aromatic amines is 1. The number of aromatic nitrogens is 1. The van der Waals surface area contributed by atoms with Crippen LogP contribution in [0.15, 0.2) is 65.3 Å². The third-order valence-electron chi connectivity index (χ3n) is 3.77. The average molecular weight is 371 g/mol. The number of nitrogens with one attached hydrogen (secondary N) is 1. The first-order valence-corrected chi connectivity index (χ1v) is 8.04. The van der Waals surface area contributed by atoms with Gasteiger partial charge in [0.15, 0.2) is 0 Å². The maximum Gasteiger partial charge on any atom is 0.215 e. The molecule has 3 rings (SSSR count). The lowest BCUT2D eigenvalue weighted by atomic mass is 9.97. The van der Waals surface area contributed by atoms with E-state index in [0.717, 1.165) is 26.5 Å². The maximum absolute atomic E-state index is 11.1. The van der Waals surface area contributed by atoms with Gasteiger partial charge in [-0.2, -0.15) is 0 Å². The summed E-state index contributed by atoms with van der Waals surface area (Å²) >= 11 is 3.56. The summed E-state index contributed by atoms with van der Waals surface area (Å²) in [6, 6.07) is 17.6. The number of rotatable bonds is 5. The number of hydrogen-bond donors (Lipinski definition) is 1. The summed E-state index contributed by atoms with van der Waals surface area (Å²) in [5, 5.41) is 12.2. The molecule has 0 fully saturated rings. The largest absolute Gasteiger partial charge is 0.361 e. The second-order valence-corrected chi connectivity index (χ2v) is 6.21. The number of H-pyrrole nitrogens is 1. The van der Waals surface area contributed by atoms with Crippen LogP contribution < -0.4 is 0 Å². The van der Waals surface area contributed by atoms with E-state index in [9.17, 15) is 10.1 Å². The number of hydrogen-bond acceptors (Lipinski definition) is 2. The van der Waals surface area contributed by atoms with Gasteiger partial charge in [-0.3, -0.25) is 10.1 Å². The highest BCUT2D eigenvalue weighted by molar-refractivity contribution is 9.11. The van der Waals surface area contributed by atoms with Crippen LogP contribution in [0.3, 0.4) is 0 Å². The van der Waals surface area contributed by atoms with E-state index < -0.39 is 0 Å². The number of fused-ring (bicyclic) bond motifs is 1. The summed E-state index contributed by atoms with van der Waals surface area (Å²) in [6.45, 7) is -0.161. The van der Waals surface area contributed by atoms with Crippen molar-refractivity contribution in [2.75, 3.05) is 6.54 Å². The van der Waals surface area contributed by atoms with Gasteiger partial charge in [0.1, 0.15) is 0 Å². The summed E-state index contributed by atoms with van der Waals surface area (Å²) in [5.74, 6) is -0.332. The van der Waals surface area contributed by atoms with E-state index in [4.69, 9.17) is 0 Å². The standard InChI is InChI=1S/C18H15BrN2O2/c19-17(10-13-6-2-1-3-7-13)16(12-21(22)23)15-11-20-18-9-5-4-8-14(15)18/h1-11,16,20H,12H2/b17-10-. The molecule has 0 saturated carbocycles. The molecule has 0 aliphatic carbocycles. The van der Waals surface area contributed by atoms with Crippen molar-refractivity contribution in [3.8, 4) is 0 Å². The molecule has 0 aliphatic heterocycles. The van der Waals surface area contributed by atoms with Crippen LogP contribution in [-0.2, 0) is 0 Å².